The molecule has 1 aliphatic heterocycles. The molecule has 1 fully saturated rings. The van der Waals surface area contributed by atoms with Gasteiger partial charge in [-0.15, -0.1) is 0 Å². The number of rotatable bonds is 5. The lowest BCUT2D eigenvalue weighted by atomic mass is 10.0. The predicted molar refractivity (Wildman–Crippen MR) is 72.6 cm³/mol. The molecule has 0 spiro atoms. The molecular formula is C11H24N4O2S. The van der Waals surface area contributed by atoms with E-state index in [0.29, 0.717) is 19.0 Å². The van der Waals surface area contributed by atoms with E-state index in [0.717, 1.165) is 12.8 Å². The summed E-state index contributed by atoms with van der Waals surface area (Å²) >= 11 is 0. The van der Waals surface area contributed by atoms with Crippen LogP contribution in [0.4, 0.5) is 0 Å². The van der Waals surface area contributed by atoms with Crippen LogP contribution in [0.15, 0.2) is 0 Å². The van der Waals surface area contributed by atoms with Crippen molar-refractivity contribution in [3.8, 4) is 0 Å². The maximum Gasteiger partial charge on any atom is 0.280 e. The predicted octanol–water partition coefficient (Wildman–Crippen LogP) is 0.513. The van der Waals surface area contributed by atoms with E-state index in [1.807, 2.05) is 13.8 Å². The zero-order valence-corrected chi connectivity index (χ0v) is 12.1. The highest BCUT2D eigenvalue weighted by atomic mass is 32.2. The third-order valence-corrected chi connectivity index (χ3v) is 4.96. The van der Waals surface area contributed by atoms with E-state index in [1.54, 1.807) is 0 Å². The molecule has 0 amide bonds. The first-order valence-corrected chi connectivity index (χ1v) is 7.79. The molecule has 1 unspecified atom stereocenters. The fourth-order valence-electron chi connectivity index (χ4n) is 2.02. The highest BCUT2D eigenvalue weighted by Gasteiger charge is 2.30. The van der Waals surface area contributed by atoms with Crippen LogP contribution in [-0.2, 0) is 10.2 Å². The van der Waals surface area contributed by atoms with Crippen molar-refractivity contribution in [3.63, 3.8) is 0 Å². The van der Waals surface area contributed by atoms with Crippen LogP contribution in [0.3, 0.4) is 0 Å². The number of amidine groups is 1. The molecule has 0 bridgehead atoms. The van der Waals surface area contributed by atoms with Crippen molar-refractivity contribution >= 4 is 16.0 Å². The topological polar surface area (TPSA) is 99.3 Å². The standard InChI is InChI=1S/C11H24N4O2S/c1-8(2)10(11(12)13)14-18(16,17)15-6-4-9(3)5-7-15/h8-10,14H,4-7H2,1-3H3,(H3,12,13). The van der Waals surface area contributed by atoms with Gasteiger partial charge >= 0.3 is 0 Å². The Morgan fingerprint density at radius 3 is 2.28 bits per heavy atom. The van der Waals surface area contributed by atoms with Gasteiger partial charge in [0.25, 0.3) is 10.2 Å². The monoisotopic (exact) mass is 276 g/mol. The summed E-state index contributed by atoms with van der Waals surface area (Å²) in [4.78, 5) is 0. The molecule has 4 N–H and O–H groups in total. The second-order valence-corrected chi connectivity index (χ2v) is 7.08. The number of nitrogens with one attached hydrogen (secondary N) is 2. The second kappa shape index (κ2) is 5.99. The van der Waals surface area contributed by atoms with E-state index in [2.05, 4.69) is 11.6 Å². The molecule has 0 aliphatic carbocycles. The molecule has 1 heterocycles. The van der Waals surface area contributed by atoms with Crippen molar-refractivity contribution in [1.29, 1.82) is 5.41 Å². The second-order valence-electron chi connectivity index (χ2n) is 5.38. The molecule has 0 aromatic rings. The van der Waals surface area contributed by atoms with Gasteiger partial charge in [0, 0.05) is 13.1 Å². The summed E-state index contributed by atoms with van der Waals surface area (Å²) in [7, 11) is -3.53. The molecular weight excluding hydrogens is 252 g/mol. The van der Waals surface area contributed by atoms with E-state index in [1.165, 1.54) is 4.31 Å². The Labute approximate surface area is 110 Å². The Morgan fingerprint density at radius 2 is 1.89 bits per heavy atom. The zero-order chi connectivity index (χ0) is 13.9. The van der Waals surface area contributed by atoms with E-state index < -0.39 is 16.3 Å². The first-order chi connectivity index (χ1) is 8.24. The quantitative estimate of drug-likeness (QED) is 0.504. The molecule has 0 aromatic heterocycles. The van der Waals surface area contributed by atoms with Crippen molar-refractivity contribution in [2.75, 3.05) is 13.1 Å². The molecule has 18 heavy (non-hydrogen) atoms. The van der Waals surface area contributed by atoms with Gasteiger partial charge in [-0.3, -0.25) is 5.41 Å². The van der Waals surface area contributed by atoms with E-state index in [-0.39, 0.29) is 11.8 Å². The highest BCUT2D eigenvalue weighted by Crippen LogP contribution is 2.18. The fraction of sp³-hybridized carbons (Fsp3) is 0.909. The van der Waals surface area contributed by atoms with Crippen molar-refractivity contribution < 1.29 is 8.42 Å². The molecule has 0 saturated carbocycles. The first kappa shape index (κ1) is 15.4. The maximum absolute atomic E-state index is 12.2. The summed E-state index contributed by atoms with van der Waals surface area (Å²) in [6.07, 6.45) is 1.76. The van der Waals surface area contributed by atoms with E-state index in [4.69, 9.17) is 11.1 Å². The largest absolute Gasteiger partial charge is 0.386 e. The fourth-order valence-corrected chi connectivity index (χ4v) is 3.58. The lowest BCUT2D eigenvalue weighted by Crippen LogP contribution is -2.53. The van der Waals surface area contributed by atoms with Crippen LogP contribution in [0.2, 0.25) is 0 Å². The summed E-state index contributed by atoms with van der Waals surface area (Å²) in [5, 5.41) is 7.44. The van der Waals surface area contributed by atoms with Gasteiger partial charge < -0.3 is 5.73 Å². The Hall–Kier alpha value is -0.660. The third-order valence-electron chi connectivity index (χ3n) is 3.36. The lowest BCUT2D eigenvalue weighted by molar-refractivity contribution is 0.283. The smallest absolute Gasteiger partial charge is 0.280 e. The van der Waals surface area contributed by atoms with Gasteiger partial charge in [0.15, 0.2) is 0 Å². The minimum absolute atomic E-state index is 0.0408. The van der Waals surface area contributed by atoms with Gasteiger partial charge in [0.2, 0.25) is 0 Å². The lowest BCUT2D eigenvalue weighted by Gasteiger charge is -2.31. The van der Waals surface area contributed by atoms with Crippen LogP contribution in [0, 0.1) is 17.2 Å². The van der Waals surface area contributed by atoms with Crippen molar-refractivity contribution in [3.05, 3.63) is 0 Å². The number of hydrogen-bond acceptors (Lipinski definition) is 3. The van der Waals surface area contributed by atoms with Crippen LogP contribution in [0.25, 0.3) is 0 Å². The SMILES string of the molecule is CC1CCN(S(=O)(=O)NC(C(=N)N)C(C)C)CC1. The molecule has 1 atom stereocenters. The van der Waals surface area contributed by atoms with Crippen LogP contribution in [0.1, 0.15) is 33.6 Å². The Morgan fingerprint density at radius 1 is 1.39 bits per heavy atom. The van der Waals surface area contributed by atoms with Gasteiger partial charge in [-0.2, -0.15) is 17.4 Å². The summed E-state index contributed by atoms with van der Waals surface area (Å²) in [6, 6.07) is -0.630. The minimum Gasteiger partial charge on any atom is -0.386 e. The van der Waals surface area contributed by atoms with Crippen molar-refractivity contribution in [1.82, 2.24) is 9.03 Å². The molecule has 106 valence electrons. The van der Waals surface area contributed by atoms with Crippen LogP contribution in [0.5, 0.6) is 0 Å². The summed E-state index contributed by atoms with van der Waals surface area (Å²) in [6.45, 7) is 6.89. The normalized spacial score (nSPS) is 21.1. The van der Waals surface area contributed by atoms with E-state index >= 15 is 0 Å². The Balaban J connectivity index is 2.72. The molecule has 1 aliphatic rings. The number of hydrogen-bond donors (Lipinski definition) is 3. The third kappa shape index (κ3) is 3.93. The summed E-state index contributed by atoms with van der Waals surface area (Å²) in [5.41, 5.74) is 5.43. The average Bonchev–Trinajstić information content (AvgIpc) is 2.26. The zero-order valence-electron chi connectivity index (χ0n) is 11.3. The Kier molecular flexibility index (Phi) is 5.12. The van der Waals surface area contributed by atoms with Gasteiger partial charge in [-0.05, 0) is 24.7 Å². The minimum atomic E-state index is -3.53. The van der Waals surface area contributed by atoms with Crippen LogP contribution >= 0.6 is 0 Å². The number of piperidine rings is 1. The molecule has 1 rings (SSSR count). The molecule has 6 nitrogen and oxygen atoms in total. The van der Waals surface area contributed by atoms with Crippen LogP contribution < -0.4 is 10.5 Å². The van der Waals surface area contributed by atoms with Gasteiger partial charge in [0.05, 0.1) is 6.04 Å². The van der Waals surface area contributed by atoms with Crippen LogP contribution in [-0.4, -0.2) is 37.7 Å². The molecule has 7 heteroatoms. The number of nitrogens with zero attached hydrogens (tertiary/aromatic N) is 1. The molecule has 0 radical (unpaired) electrons. The molecule has 0 aromatic carbocycles. The maximum atomic E-state index is 12.2. The first-order valence-electron chi connectivity index (χ1n) is 6.35. The highest BCUT2D eigenvalue weighted by molar-refractivity contribution is 7.87. The summed E-state index contributed by atoms with van der Waals surface area (Å²) in [5.74, 6) is 0.394. The van der Waals surface area contributed by atoms with Crippen molar-refractivity contribution in [2.45, 2.75) is 39.7 Å². The number of nitrogens with two attached hydrogens (primary N) is 1. The average molecular weight is 276 g/mol. The van der Waals surface area contributed by atoms with Gasteiger partial charge in [0.1, 0.15) is 5.84 Å². The summed E-state index contributed by atoms with van der Waals surface area (Å²) < 4.78 is 28.3. The molecule has 1 saturated heterocycles. The van der Waals surface area contributed by atoms with E-state index in [9.17, 15) is 8.42 Å². The van der Waals surface area contributed by atoms with Crippen molar-refractivity contribution in [2.24, 2.45) is 17.6 Å². The van der Waals surface area contributed by atoms with Gasteiger partial charge in [-0.1, -0.05) is 20.8 Å². The Bertz CT molecular complexity index is 386. The van der Waals surface area contributed by atoms with Gasteiger partial charge in [-0.25, -0.2) is 0 Å².